The third kappa shape index (κ3) is 6.92. The molecule has 0 saturated carbocycles. The van der Waals surface area contributed by atoms with Gasteiger partial charge in [-0.25, -0.2) is 4.68 Å². The first-order valence-corrected chi connectivity index (χ1v) is 13.6. The molecule has 13 nitrogen and oxygen atoms in total. The van der Waals surface area contributed by atoms with Gasteiger partial charge in [-0.15, -0.1) is 5.10 Å². The lowest BCUT2D eigenvalue weighted by Gasteiger charge is -2.34. The molecule has 2 N–H and O–H groups in total. The summed E-state index contributed by atoms with van der Waals surface area (Å²) >= 11 is 0. The lowest BCUT2D eigenvalue weighted by atomic mass is 10.0. The summed E-state index contributed by atoms with van der Waals surface area (Å²) < 4.78 is 18.9. The Morgan fingerprint density at radius 1 is 1.20 bits per heavy atom. The predicted molar refractivity (Wildman–Crippen MR) is 147 cm³/mol. The standard InChI is InChI=1S/C28H35N7O6/c1-18-11-35(19(2)15-36)28(38)10-21-9-22(30-27(37)14-34-16-29-31-32-34)5-7-23(21)41-26(18)13-33(3)12-20-4-6-24-25(8-20)40-17-39-24/h4-9,16,18-19,26,36H,10-15,17H2,1-3H3,(H,30,37)/t18-,19-,26+/m0/s1. The lowest BCUT2D eigenvalue weighted by molar-refractivity contribution is -0.134. The van der Waals surface area contributed by atoms with Gasteiger partial charge in [0, 0.05) is 36.8 Å². The molecule has 0 fully saturated rings. The van der Waals surface area contributed by atoms with Crippen molar-refractivity contribution in [1.29, 1.82) is 0 Å². The summed E-state index contributed by atoms with van der Waals surface area (Å²) in [6.07, 6.45) is 1.17. The first-order valence-electron chi connectivity index (χ1n) is 13.6. The summed E-state index contributed by atoms with van der Waals surface area (Å²) in [6.45, 7) is 5.63. The van der Waals surface area contributed by atoms with Crippen LogP contribution < -0.4 is 19.5 Å². The van der Waals surface area contributed by atoms with Gasteiger partial charge in [-0.1, -0.05) is 13.0 Å². The molecular weight excluding hydrogens is 530 g/mol. The molecule has 2 amide bonds. The molecular formula is C28H35N7O6. The van der Waals surface area contributed by atoms with Crippen molar-refractivity contribution in [2.45, 2.75) is 45.5 Å². The maximum atomic E-state index is 13.5. The number of rotatable bonds is 9. The van der Waals surface area contributed by atoms with E-state index in [1.807, 2.05) is 32.2 Å². The van der Waals surface area contributed by atoms with E-state index in [1.54, 1.807) is 23.1 Å². The Morgan fingerprint density at radius 2 is 2.00 bits per heavy atom. The van der Waals surface area contributed by atoms with Crippen LogP contribution in [-0.2, 0) is 29.1 Å². The minimum absolute atomic E-state index is 0.0335. The smallest absolute Gasteiger partial charge is 0.246 e. The van der Waals surface area contributed by atoms with E-state index in [-0.39, 0.29) is 56.2 Å². The van der Waals surface area contributed by atoms with E-state index in [2.05, 4.69) is 32.7 Å². The van der Waals surface area contributed by atoms with Crippen molar-refractivity contribution in [1.82, 2.24) is 30.0 Å². The van der Waals surface area contributed by atoms with Crippen molar-refractivity contribution in [3.8, 4) is 17.2 Å². The number of nitrogens with zero attached hydrogens (tertiary/aromatic N) is 6. The molecule has 0 aliphatic carbocycles. The normalized spacial score (nSPS) is 19.1. The molecule has 218 valence electrons. The van der Waals surface area contributed by atoms with Crippen molar-refractivity contribution < 1.29 is 28.9 Å². The highest BCUT2D eigenvalue weighted by atomic mass is 16.7. The van der Waals surface area contributed by atoms with Crippen molar-refractivity contribution >= 4 is 17.5 Å². The fraction of sp³-hybridized carbons (Fsp3) is 0.464. The van der Waals surface area contributed by atoms with Gasteiger partial charge in [-0.05, 0) is 60.3 Å². The summed E-state index contributed by atoms with van der Waals surface area (Å²) in [5.74, 6) is 1.62. The van der Waals surface area contributed by atoms with E-state index in [0.29, 0.717) is 36.6 Å². The molecule has 2 aromatic carbocycles. The molecule has 1 aromatic heterocycles. The van der Waals surface area contributed by atoms with E-state index in [0.717, 1.165) is 17.1 Å². The molecule has 13 heteroatoms. The monoisotopic (exact) mass is 565 g/mol. The number of fused-ring (bicyclic) bond motifs is 2. The van der Waals surface area contributed by atoms with Crippen LogP contribution in [0.2, 0.25) is 0 Å². The average molecular weight is 566 g/mol. The van der Waals surface area contributed by atoms with E-state index in [9.17, 15) is 14.7 Å². The summed E-state index contributed by atoms with van der Waals surface area (Å²) in [4.78, 5) is 29.9. The zero-order valence-electron chi connectivity index (χ0n) is 23.4. The quantitative estimate of drug-likeness (QED) is 0.390. The second-order valence-corrected chi connectivity index (χ2v) is 10.7. The third-order valence-electron chi connectivity index (χ3n) is 7.28. The number of tetrazole rings is 1. The molecule has 41 heavy (non-hydrogen) atoms. The van der Waals surface area contributed by atoms with Crippen LogP contribution in [0.1, 0.15) is 25.0 Å². The Labute approximate surface area is 238 Å². The van der Waals surface area contributed by atoms with Gasteiger partial charge in [0.15, 0.2) is 11.5 Å². The summed E-state index contributed by atoms with van der Waals surface area (Å²) in [6, 6.07) is 10.9. The summed E-state index contributed by atoms with van der Waals surface area (Å²) in [5, 5.41) is 23.5. The van der Waals surface area contributed by atoms with Gasteiger partial charge >= 0.3 is 0 Å². The van der Waals surface area contributed by atoms with Crippen LogP contribution >= 0.6 is 0 Å². The highest BCUT2D eigenvalue weighted by Crippen LogP contribution is 2.33. The van der Waals surface area contributed by atoms with Crippen molar-refractivity contribution in [3.05, 3.63) is 53.9 Å². The molecule has 3 aromatic rings. The molecule has 2 aliphatic rings. The maximum absolute atomic E-state index is 13.5. The van der Waals surface area contributed by atoms with Gasteiger partial charge in [0.2, 0.25) is 18.6 Å². The number of aliphatic hydroxyl groups excluding tert-OH is 1. The Hall–Kier alpha value is -4.23. The van der Waals surface area contributed by atoms with Gasteiger partial charge < -0.3 is 29.5 Å². The Bertz CT molecular complexity index is 1370. The van der Waals surface area contributed by atoms with E-state index < -0.39 is 0 Å². The van der Waals surface area contributed by atoms with Crippen molar-refractivity contribution in [3.63, 3.8) is 0 Å². The summed E-state index contributed by atoms with van der Waals surface area (Å²) in [7, 11) is 2.02. The molecule has 3 heterocycles. The third-order valence-corrected chi connectivity index (χ3v) is 7.28. The number of anilines is 1. The Morgan fingerprint density at radius 3 is 2.78 bits per heavy atom. The number of carbonyl (C=O) groups is 2. The van der Waals surface area contributed by atoms with Gasteiger partial charge in [-0.2, -0.15) is 0 Å². The fourth-order valence-electron chi connectivity index (χ4n) is 5.05. The number of aromatic nitrogens is 4. The molecule has 3 atom stereocenters. The fourth-order valence-corrected chi connectivity index (χ4v) is 5.05. The Kier molecular flexibility index (Phi) is 8.64. The molecule has 0 unspecified atom stereocenters. The van der Waals surface area contributed by atoms with Gasteiger partial charge in [0.1, 0.15) is 24.7 Å². The molecule has 0 bridgehead atoms. The highest BCUT2D eigenvalue weighted by Gasteiger charge is 2.31. The number of aliphatic hydroxyl groups is 1. The van der Waals surface area contributed by atoms with Crippen LogP contribution in [0.3, 0.4) is 0 Å². The topological polar surface area (TPSA) is 144 Å². The van der Waals surface area contributed by atoms with Crippen molar-refractivity contribution in [2.24, 2.45) is 5.92 Å². The lowest BCUT2D eigenvalue weighted by Crippen LogP contribution is -2.47. The van der Waals surface area contributed by atoms with E-state index in [4.69, 9.17) is 14.2 Å². The Balaban J connectivity index is 1.35. The number of amides is 2. The SMILES string of the molecule is C[C@H]1CN([C@@H](C)CO)C(=O)Cc2cc(NC(=O)Cn3cnnn3)ccc2O[C@@H]1CN(C)Cc1ccc2c(c1)OCO2. The molecule has 2 aliphatic heterocycles. The zero-order chi connectivity index (χ0) is 28.9. The second kappa shape index (κ2) is 12.5. The van der Waals surface area contributed by atoms with Gasteiger partial charge in [-0.3, -0.25) is 14.5 Å². The summed E-state index contributed by atoms with van der Waals surface area (Å²) in [5.41, 5.74) is 2.27. The minimum atomic E-state index is -0.349. The van der Waals surface area contributed by atoms with E-state index in [1.165, 1.54) is 11.0 Å². The number of ether oxygens (including phenoxy) is 3. The zero-order valence-corrected chi connectivity index (χ0v) is 23.4. The number of hydrogen-bond acceptors (Lipinski definition) is 10. The molecule has 0 spiro atoms. The van der Waals surface area contributed by atoms with Crippen LogP contribution in [0.15, 0.2) is 42.7 Å². The first-order chi connectivity index (χ1) is 19.8. The molecule has 0 saturated heterocycles. The first kappa shape index (κ1) is 28.3. The number of hydrogen-bond donors (Lipinski definition) is 2. The van der Waals surface area contributed by atoms with E-state index >= 15 is 0 Å². The average Bonchev–Trinajstić information content (AvgIpc) is 3.63. The van der Waals surface area contributed by atoms with Crippen LogP contribution in [0.4, 0.5) is 5.69 Å². The highest BCUT2D eigenvalue weighted by molar-refractivity contribution is 5.91. The molecule has 5 rings (SSSR count). The minimum Gasteiger partial charge on any atom is -0.488 e. The van der Waals surface area contributed by atoms with Crippen LogP contribution in [0.5, 0.6) is 17.2 Å². The molecule has 0 radical (unpaired) electrons. The van der Waals surface area contributed by atoms with Gasteiger partial charge in [0.25, 0.3) is 0 Å². The van der Waals surface area contributed by atoms with Gasteiger partial charge in [0.05, 0.1) is 19.1 Å². The van der Waals surface area contributed by atoms with Crippen LogP contribution in [-0.4, -0.2) is 92.6 Å². The maximum Gasteiger partial charge on any atom is 0.246 e. The number of carbonyl (C=O) groups excluding carboxylic acids is 2. The van der Waals surface area contributed by atoms with Crippen LogP contribution in [0, 0.1) is 5.92 Å². The van der Waals surface area contributed by atoms with Crippen molar-refractivity contribution in [2.75, 3.05) is 38.9 Å². The largest absolute Gasteiger partial charge is 0.488 e. The van der Waals surface area contributed by atoms with Crippen LogP contribution in [0.25, 0.3) is 0 Å². The second-order valence-electron chi connectivity index (χ2n) is 10.7. The number of likely N-dealkylation sites (N-methyl/N-ethyl adjacent to an activating group) is 1. The number of nitrogens with one attached hydrogen (secondary N) is 1. The predicted octanol–water partition coefficient (Wildman–Crippen LogP) is 1.32. The number of benzene rings is 2.